The second-order valence-corrected chi connectivity index (χ2v) is 6.30. The first kappa shape index (κ1) is 12.4. The molecule has 0 atom stereocenters. The quantitative estimate of drug-likeness (QED) is 0.535. The topological polar surface area (TPSA) is 0 Å². The van der Waals surface area contributed by atoms with Gasteiger partial charge in [0.15, 0.2) is 0 Å². The van der Waals surface area contributed by atoms with Gasteiger partial charge in [0.2, 0.25) is 0 Å². The molecule has 0 N–H and O–H groups in total. The van der Waals surface area contributed by atoms with Crippen LogP contribution in [0.15, 0.2) is 72.8 Å². The summed E-state index contributed by atoms with van der Waals surface area (Å²) in [6.45, 7) is 4.64. The molecule has 0 fully saturated rings. The van der Waals surface area contributed by atoms with Gasteiger partial charge in [0, 0.05) is 5.41 Å². The van der Waals surface area contributed by atoms with Gasteiger partial charge in [0.25, 0.3) is 0 Å². The lowest BCUT2D eigenvalue weighted by Gasteiger charge is -2.21. The highest BCUT2D eigenvalue weighted by Gasteiger charge is 2.34. The number of fused-ring (bicyclic) bond motifs is 3. The molecule has 0 saturated carbocycles. The first-order valence-electron chi connectivity index (χ1n) is 7.48. The van der Waals surface area contributed by atoms with E-state index in [0.29, 0.717) is 0 Å². The molecular formula is C21H18. The molecule has 1 aliphatic rings. The van der Waals surface area contributed by atoms with Gasteiger partial charge >= 0.3 is 0 Å². The lowest BCUT2D eigenvalue weighted by Crippen LogP contribution is -2.14. The first-order chi connectivity index (χ1) is 10.2. The highest BCUT2D eigenvalue weighted by atomic mass is 14.4. The molecule has 0 spiro atoms. The van der Waals surface area contributed by atoms with Crippen molar-refractivity contribution in [2.45, 2.75) is 19.3 Å². The fourth-order valence-electron chi connectivity index (χ4n) is 3.53. The van der Waals surface area contributed by atoms with Gasteiger partial charge in [0.1, 0.15) is 0 Å². The molecule has 1 aliphatic carbocycles. The van der Waals surface area contributed by atoms with Gasteiger partial charge in [-0.2, -0.15) is 0 Å². The van der Waals surface area contributed by atoms with Crippen molar-refractivity contribution in [2.24, 2.45) is 0 Å². The van der Waals surface area contributed by atoms with E-state index >= 15 is 0 Å². The molecule has 102 valence electrons. The fourth-order valence-corrected chi connectivity index (χ4v) is 3.53. The monoisotopic (exact) mass is 270 g/mol. The molecule has 0 nitrogen and oxygen atoms in total. The normalized spacial score (nSPS) is 14.6. The van der Waals surface area contributed by atoms with E-state index in [9.17, 15) is 0 Å². The molecule has 0 heterocycles. The van der Waals surface area contributed by atoms with E-state index in [0.717, 1.165) is 0 Å². The number of hydrogen-bond donors (Lipinski definition) is 0. The Balaban J connectivity index is 1.96. The van der Waals surface area contributed by atoms with Gasteiger partial charge in [-0.1, -0.05) is 80.6 Å². The van der Waals surface area contributed by atoms with E-state index in [1.54, 1.807) is 0 Å². The summed E-state index contributed by atoms with van der Waals surface area (Å²) in [5.41, 5.74) is 8.31. The van der Waals surface area contributed by atoms with Crippen LogP contribution in [0.2, 0.25) is 0 Å². The van der Waals surface area contributed by atoms with Crippen molar-refractivity contribution in [1.29, 1.82) is 0 Å². The summed E-state index contributed by atoms with van der Waals surface area (Å²) in [5.74, 6) is 0. The third kappa shape index (κ3) is 1.76. The SMILES string of the molecule is CC1(C)c2ccccc2-c2cc(-c3ccccc3)ccc21. The Morgan fingerprint density at radius 3 is 2.05 bits per heavy atom. The lowest BCUT2D eigenvalue weighted by atomic mass is 9.82. The molecule has 0 bridgehead atoms. The van der Waals surface area contributed by atoms with Crippen LogP contribution in [0.4, 0.5) is 0 Å². The number of hydrogen-bond acceptors (Lipinski definition) is 0. The minimum Gasteiger partial charge on any atom is -0.0622 e. The van der Waals surface area contributed by atoms with Crippen molar-refractivity contribution in [3.05, 3.63) is 83.9 Å². The summed E-state index contributed by atoms with van der Waals surface area (Å²) in [6, 6.07) is 26.3. The summed E-state index contributed by atoms with van der Waals surface area (Å²) in [4.78, 5) is 0. The van der Waals surface area contributed by atoms with Crippen molar-refractivity contribution >= 4 is 0 Å². The molecule has 0 aliphatic heterocycles. The molecule has 21 heavy (non-hydrogen) atoms. The second kappa shape index (κ2) is 4.33. The molecule has 0 amide bonds. The number of rotatable bonds is 1. The highest BCUT2D eigenvalue weighted by Crippen LogP contribution is 2.49. The van der Waals surface area contributed by atoms with Crippen molar-refractivity contribution in [2.75, 3.05) is 0 Å². The molecule has 4 rings (SSSR count). The Morgan fingerprint density at radius 1 is 0.571 bits per heavy atom. The van der Waals surface area contributed by atoms with Gasteiger partial charge in [-0.3, -0.25) is 0 Å². The summed E-state index contributed by atoms with van der Waals surface area (Å²) in [7, 11) is 0. The van der Waals surface area contributed by atoms with Crippen LogP contribution in [0.5, 0.6) is 0 Å². The van der Waals surface area contributed by atoms with Crippen molar-refractivity contribution < 1.29 is 0 Å². The molecule has 0 radical (unpaired) electrons. The van der Waals surface area contributed by atoms with E-state index < -0.39 is 0 Å². The summed E-state index contributed by atoms with van der Waals surface area (Å²) >= 11 is 0. The maximum absolute atomic E-state index is 2.35. The van der Waals surface area contributed by atoms with Crippen molar-refractivity contribution in [3.8, 4) is 22.3 Å². The summed E-state index contributed by atoms with van der Waals surface area (Å²) in [5, 5.41) is 0. The van der Waals surface area contributed by atoms with Crippen LogP contribution < -0.4 is 0 Å². The average Bonchev–Trinajstić information content (AvgIpc) is 2.77. The van der Waals surface area contributed by atoms with E-state index in [4.69, 9.17) is 0 Å². The van der Waals surface area contributed by atoms with Gasteiger partial charge in [0.05, 0.1) is 0 Å². The zero-order valence-corrected chi connectivity index (χ0v) is 12.4. The predicted molar refractivity (Wildman–Crippen MR) is 89.4 cm³/mol. The molecule has 3 aromatic rings. The van der Waals surface area contributed by atoms with Crippen LogP contribution in [0.3, 0.4) is 0 Å². The Labute approximate surface area is 126 Å². The molecule has 0 unspecified atom stereocenters. The molecular weight excluding hydrogens is 252 g/mol. The van der Waals surface area contributed by atoms with Crippen LogP contribution in [0.1, 0.15) is 25.0 Å². The minimum absolute atomic E-state index is 0.0984. The third-order valence-electron chi connectivity index (χ3n) is 4.69. The predicted octanol–water partition coefficient (Wildman–Crippen LogP) is 5.66. The molecule has 0 heteroatoms. The summed E-state index contributed by atoms with van der Waals surface area (Å²) < 4.78 is 0. The van der Waals surface area contributed by atoms with Gasteiger partial charge in [-0.05, 0) is 39.4 Å². The smallest absolute Gasteiger partial charge is 0.0158 e. The lowest BCUT2D eigenvalue weighted by molar-refractivity contribution is 0.660. The largest absolute Gasteiger partial charge is 0.0622 e. The Kier molecular flexibility index (Phi) is 2.56. The van der Waals surface area contributed by atoms with E-state index in [-0.39, 0.29) is 5.41 Å². The van der Waals surface area contributed by atoms with Gasteiger partial charge < -0.3 is 0 Å². The van der Waals surface area contributed by atoms with Crippen molar-refractivity contribution in [3.63, 3.8) is 0 Å². The Bertz CT molecular complexity index is 810. The molecule has 0 saturated heterocycles. The van der Waals surface area contributed by atoms with E-state index in [2.05, 4.69) is 86.6 Å². The Morgan fingerprint density at radius 2 is 1.24 bits per heavy atom. The maximum Gasteiger partial charge on any atom is 0.0158 e. The van der Waals surface area contributed by atoms with Crippen LogP contribution in [-0.2, 0) is 5.41 Å². The fraction of sp³-hybridized carbons (Fsp3) is 0.143. The number of benzene rings is 3. The van der Waals surface area contributed by atoms with Gasteiger partial charge in [-0.25, -0.2) is 0 Å². The zero-order valence-electron chi connectivity index (χ0n) is 12.4. The average molecular weight is 270 g/mol. The minimum atomic E-state index is 0.0984. The van der Waals surface area contributed by atoms with Gasteiger partial charge in [-0.15, -0.1) is 0 Å². The first-order valence-corrected chi connectivity index (χ1v) is 7.48. The molecule has 0 aromatic heterocycles. The maximum atomic E-state index is 2.35. The van der Waals surface area contributed by atoms with Crippen LogP contribution in [0, 0.1) is 0 Å². The van der Waals surface area contributed by atoms with Crippen LogP contribution in [0.25, 0.3) is 22.3 Å². The zero-order chi connectivity index (χ0) is 14.4. The standard InChI is InChI=1S/C21H18/c1-21(2)19-11-7-6-10-17(19)18-14-16(12-13-20(18)21)15-8-4-3-5-9-15/h3-14H,1-2H3. The second-order valence-electron chi connectivity index (χ2n) is 6.30. The van der Waals surface area contributed by atoms with Crippen molar-refractivity contribution in [1.82, 2.24) is 0 Å². The molecule has 3 aromatic carbocycles. The Hall–Kier alpha value is -2.34. The highest BCUT2D eigenvalue weighted by molar-refractivity contribution is 5.84. The van der Waals surface area contributed by atoms with Crippen LogP contribution >= 0.6 is 0 Å². The third-order valence-corrected chi connectivity index (χ3v) is 4.69. The van der Waals surface area contributed by atoms with E-state index in [1.807, 2.05) is 0 Å². The summed E-state index contributed by atoms with van der Waals surface area (Å²) in [6.07, 6.45) is 0. The van der Waals surface area contributed by atoms with E-state index in [1.165, 1.54) is 33.4 Å². The van der Waals surface area contributed by atoms with Crippen LogP contribution in [-0.4, -0.2) is 0 Å².